The number of benzene rings is 2. The summed E-state index contributed by atoms with van der Waals surface area (Å²) in [5.41, 5.74) is 7.04. The Balaban J connectivity index is 0.000000158. The number of carbonyl (C=O) groups excluding carboxylic acids is 2. The summed E-state index contributed by atoms with van der Waals surface area (Å²) in [6.45, 7) is 4.64. The number of anilines is 1. The van der Waals surface area contributed by atoms with Crippen LogP contribution in [0.5, 0.6) is 0 Å². The van der Waals surface area contributed by atoms with Crippen molar-refractivity contribution in [2.24, 2.45) is 17.6 Å². The number of halogens is 1. The van der Waals surface area contributed by atoms with Crippen LogP contribution >= 0.6 is 11.6 Å². The highest BCUT2D eigenvalue weighted by atomic mass is 35.5. The molecule has 4 aromatic rings. The second-order valence-electron chi connectivity index (χ2n) is 11.6. The molecule has 0 amide bonds. The van der Waals surface area contributed by atoms with E-state index in [4.69, 9.17) is 17.3 Å². The summed E-state index contributed by atoms with van der Waals surface area (Å²) in [6.07, 6.45) is 15.4. The zero-order valence-corrected chi connectivity index (χ0v) is 24.8. The molecule has 0 bridgehead atoms. The van der Waals surface area contributed by atoms with E-state index in [0.717, 1.165) is 51.8 Å². The lowest BCUT2D eigenvalue weighted by atomic mass is 9.87. The first-order valence-electron chi connectivity index (χ1n) is 14.7. The molecule has 0 unspecified atom stereocenters. The Labute approximate surface area is 248 Å². The Morgan fingerprint density at radius 2 is 1.22 bits per heavy atom. The minimum atomic E-state index is 0.464. The molecular weight excluding hydrogens is 532 g/mol. The second kappa shape index (κ2) is 15.0. The fraction of sp³-hybridized carbons (Fsp3) is 0.412. The van der Waals surface area contributed by atoms with E-state index in [-0.39, 0.29) is 0 Å². The maximum Gasteiger partial charge on any atom is 0.150 e. The number of rotatable bonds is 4. The summed E-state index contributed by atoms with van der Waals surface area (Å²) in [7, 11) is 0. The van der Waals surface area contributed by atoms with Crippen LogP contribution in [0.1, 0.15) is 85.9 Å². The van der Waals surface area contributed by atoms with Crippen molar-refractivity contribution in [1.29, 1.82) is 0 Å². The molecule has 216 valence electrons. The zero-order valence-electron chi connectivity index (χ0n) is 24.1. The van der Waals surface area contributed by atoms with E-state index < -0.39 is 0 Å². The van der Waals surface area contributed by atoms with Crippen molar-refractivity contribution >= 4 is 51.5 Å². The van der Waals surface area contributed by atoms with Gasteiger partial charge in [-0.3, -0.25) is 9.59 Å². The predicted molar refractivity (Wildman–Crippen MR) is 170 cm³/mol. The van der Waals surface area contributed by atoms with Crippen LogP contribution in [0.3, 0.4) is 0 Å². The average molecular weight is 573 g/mol. The Bertz CT molecular complexity index is 1430. The van der Waals surface area contributed by atoms with E-state index >= 15 is 0 Å². The van der Waals surface area contributed by atoms with Gasteiger partial charge in [0.05, 0.1) is 0 Å². The first kappa shape index (κ1) is 30.6. The molecule has 0 atom stereocenters. The van der Waals surface area contributed by atoms with Crippen molar-refractivity contribution in [2.45, 2.75) is 77.3 Å². The minimum Gasteiger partial charge on any atom is -0.367 e. The lowest BCUT2D eigenvalue weighted by molar-refractivity contribution is 0.111. The van der Waals surface area contributed by atoms with Gasteiger partial charge < -0.3 is 11.1 Å². The van der Waals surface area contributed by atoms with Crippen molar-refractivity contribution in [2.75, 3.05) is 5.32 Å². The van der Waals surface area contributed by atoms with Crippen molar-refractivity contribution in [1.82, 2.24) is 9.97 Å². The van der Waals surface area contributed by atoms with Gasteiger partial charge in [0.2, 0.25) is 0 Å². The Morgan fingerprint density at radius 1 is 0.707 bits per heavy atom. The number of pyridine rings is 2. The van der Waals surface area contributed by atoms with Gasteiger partial charge in [0, 0.05) is 46.4 Å². The molecule has 0 radical (unpaired) electrons. The highest BCUT2D eigenvalue weighted by Gasteiger charge is 2.18. The molecule has 2 heterocycles. The number of hydrogen-bond acceptors (Lipinski definition) is 6. The third kappa shape index (κ3) is 9.34. The third-order valence-electron chi connectivity index (χ3n) is 8.16. The van der Waals surface area contributed by atoms with Crippen LogP contribution in [0.2, 0.25) is 5.15 Å². The smallest absolute Gasteiger partial charge is 0.150 e. The molecule has 7 heteroatoms. The minimum absolute atomic E-state index is 0.464. The van der Waals surface area contributed by atoms with Crippen LogP contribution in [0, 0.1) is 11.8 Å². The summed E-state index contributed by atoms with van der Waals surface area (Å²) in [5.74, 6) is 2.74. The fourth-order valence-electron chi connectivity index (χ4n) is 5.42. The van der Waals surface area contributed by atoms with Crippen LogP contribution in [0.4, 0.5) is 5.82 Å². The van der Waals surface area contributed by atoms with Crippen molar-refractivity contribution in [3.05, 3.63) is 77.2 Å². The molecule has 2 aliphatic rings. The van der Waals surface area contributed by atoms with Gasteiger partial charge in [-0.15, -0.1) is 0 Å². The number of aldehydes is 2. The Morgan fingerprint density at radius 3 is 1.76 bits per heavy atom. The van der Waals surface area contributed by atoms with Crippen LogP contribution in [-0.4, -0.2) is 34.6 Å². The summed E-state index contributed by atoms with van der Waals surface area (Å²) in [4.78, 5) is 29.6. The first-order chi connectivity index (χ1) is 19.8. The van der Waals surface area contributed by atoms with Crippen LogP contribution in [0.15, 0.2) is 60.9 Å². The highest BCUT2D eigenvalue weighted by molar-refractivity contribution is 6.30. The van der Waals surface area contributed by atoms with Gasteiger partial charge in [-0.1, -0.05) is 49.7 Å². The average Bonchev–Trinajstić information content (AvgIpc) is 3.00. The van der Waals surface area contributed by atoms with Gasteiger partial charge >= 0.3 is 0 Å². The number of hydrogen-bond donors (Lipinski definition) is 2. The van der Waals surface area contributed by atoms with E-state index in [2.05, 4.69) is 35.2 Å². The van der Waals surface area contributed by atoms with Gasteiger partial charge in [-0.2, -0.15) is 0 Å². The van der Waals surface area contributed by atoms with Crippen molar-refractivity contribution in [3.8, 4) is 0 Å². The maximum absolute atomic E-state index is 10.8. The molecule has 2 aliphatic carbocycles. The number of carbonyl (C=O) groups is 2. The van der Waals surface area contributed by atoms with Gasteiger partial charge in [0.25, 0.3) is 0 Å². The molecule has 2 saturated carbocycles. The van der Waals surface area contributed by atoms with Gasteiger partial charge in [0.15, 0.2) is 0 Å². The largest absolute Gasteiger partial charge is 0.367 e. The van der Waals surface area contributed by atoms with Gasteiger partial charge in [0.1, 0.15) is 23.5 Å². The predicted octanol–water partition coefficient (Wildman–Crippen LogP) is 8.26. The molecule has 6 nitrogen and oxygen atoms in total. The molecule has 2 fully saturated rings. The highest BCUT2D eigenvalue weighted by Crippen LogP contribution is 2.27. The first-order valence-corrected chi connectivity index (χ1v) is 15.1. The number of nitrogens with one attached hydrogen (secondary N) is 1. The Kier molecular flexibility index (Phi) is 11.2. The molecular formula is C34H41ClN4O2. The molecule has 6 rings (SSSR count). The van der Waals surface area contributed by atoms with Crippen molar-refractivity contribution < 1.29 is 9.59 Å². The normalized spacial score (nSPS) is 22.0. The van der Waals surface area contributed by atoms with E-state index in [1.54, 1.807) is 24.4 Å². The van der Waals surface area contributed by atoms with E-state index in [9.17, 15) is 9.59 Å². The maximum atomic E-state index is 10.8. The SMILES string of the molecule is CC1CCC(N)CC1.CC1CCC(Nc2cc3ccc(C=O)cc3cn2)CC1.O=Cc1ccc2cc(Cl)ncc2c1. The number of nitrogens with two attached hydrogens (primary N) is 1. The monoisotopic (exact) mass is 572 g/mol. The molecule has 0 saturated heterocycles. The molecule has 2 aromatic carbocycles. The molecule has 2 aromatic heterocycles. The van der Waals surface area contributed by atoms with Crippen molar-refractivity contribution in [3.63, 3.8) is 0 Å². The number of aromatic nitrogens is 2. The molecule has 0 aliphatic heterocycles. The standard InChI is InChI=1S/C17H20N2O.C10H6ClNO.C7H15N/c1-12-2-6-16(7-3-12)19-17-9-14-5-4-13(11-20)8-15(14)10-18-17;11-10-4-8-2-1-7(6-13)3-9(8)5-12-10;1-6-2-4-7(8)5-3-6/h4-5,8-12,16H,2-3,6-7H2,1H3,(H,18,19);1-6H;6-7H,2-5,8H2,1H3. The quantitative estimate of drug-likeness (QED) is 0.189. The van der Waals surface area contributed by atoms with Crippen LogP contribution in [0.25, 0.3) is 21.5 Å². The molecule has 41 heavy (non-hydrogen) atoms. The third-order valence-corrected chi connectivity index (χ3v) is 8.37. The zero-order chi connectivity index (χ0) is 29.2. The summed E-state index contributed by atoms with van der Waals surface area (Å²) >= 11 is 5.71. The summed E-state index contributed by atoms with van der Waals surface area (Å²) in [5, 5.41) is 8.06. The van der Waals surface area contributed by atoms with E-state index in [0.29, 0.717) is 28.4 Å². The topological polar surface area (TPSA) is 98.0 Å². The van der Waals surface area contributed by atoms with Gasteiger partial charge in [-0.05, 0) is 98.2 Å². The Hall–Kier alpha value is -3.35. The lowest BCUT2D eigenvalue weighted by Gasteiger charge is -2.27. The second-order valence-corrected chi connectivity index (χ2v) is 12.0. The lowest BCUT2D eigenvalue weighted by Crippen LogP contribution is -2.25. The summed E-state index contributed by atoms with van der Waals surface area (Å²) in [6, 6.07) is 16.0. The number of fused-ring (bicyclic) bond motifs is 2. The summed E-state index contributed by atoms with van der Waals surface area (Å²) < 4.78 is 0. The molecule has 3 N–H and O–H groups in total. The fourth-order valence-corrected chi connectivity index (χ4v) is 5.58. The van der Waals surface area contributed by atoms with Crippen LogP contribution in [-0.2, 0) is 0 Å². The molecule has 0 spiro atoms. The van der Waals surface area contributed by atoms with Gasteiger partial charge in [-0.25, -0.2) is 9.97 Å². The van der Waals surface area contributed by atoms with Crippen LogP contribution < -0.4 is 11.1 Å². The number of nitrogens with zero attached hydrogens (tertiary/aromatic N) is 2. The van der Waals surface area contributed by atoms with E-state index in [1.165, 1.54) is 51.4 Å². The van der Waals surface area contributed by atoms with E-state index in [1.807, 2.05) is 30.5 Å².